The standard InChI is InChI=1S/C15H23NO2/c1-4-5-13(3)18-15-10-8-14(9-11-15)7-6-12(2)16-17/h8-11,13,17H,4-7H2,1-3H3/b16-12+. The van der Waals surface area contributed by atoms with Gasteiger partial charge < -0.3 is 9.94 Å². The van der Waals surface area contributed by atoms with Gasteiger partial charge >= 0.3 is 0 Å². The Hall–Kier alpha value is -1.51. The number of ether oxygens (including phenoxy) is 1. The zero-order valence-electron chi connectivity index (χ0n) is 11.5. The van der Waals surface area contributed by atoms with Crippen LogP contribution in [0.1, 0.15) is 45.6 Å². The van der Waals surface area contributed by atoms with Crippen LogP contribution in [0.3, 0.4) is 0 Å². The fourth-order valence-electron chi connectivity index (χ4n) is 1.81. The highest BCUT2D eigenvalue weighted by molar-refractivity contribution is 5.81. The maximum atomic E-state index is 8.57. The molecule has 0 aliphatic carbocycles. The lowest BCUT2D eigenvalue weighted by Gasteiger charge is -2.13. The Morgan fingerprint density at radius 1 is 1.33 bits per heavy atom. The molecule has 0 radical (unpaired) electrons. The first-order valence-corrected chi connectivity index (χ1v) is 6.58. The number of nitrogens with zero attached hydrogens (tertiary/aromatic N) is 1. The van der Waals surface area contributed by atoms with Crippen molar-refractivity contribution >= 4 is 5.71 Å². The van der Waals surface area contributed by atoms with E-state index in [0.717, 1.165) is 37.1 Å². The van der Waals surface area contributed by atoms with E-state index in [1.807, 2.05) is 19.1 Å². The molecule has 100 valence electrons. The summed E-state index contributed by atoms with van der Waals surface area (Å²) in [6, 6.07) is 8.15. The topological polar surface area (TPSA) is 41.8 Å². The molecule has 0 aliphatic rings. The van der Waals surface area contributed by atoms with Crippen molar-refractivity contribution in [2.24, 2.45) is 5.16 Å². The van der Waals surface area contributed by atoms with Crippen LogP contribution >= 0.6 is 0 Å². The Morgan fingerprint density at radius 2 is 2.00 bits per heavy atom. The van der Waals surface area contributed by atoms with Gasteiger partial charge in [0.1, 0.15) is 5.75 Å². The smallest absolute Gasteiger partial charge is 0.119 e. The Bertz CT molecular complexity index is 371. The third-order valence-corrected chi connectivity index (χ3v) is 2.90. The lowest BCUT2D eigenvalue weighted by Crippen LogP contribution is -2.10. The van der Waals surface area contributed by atoms with E-state index < -0.39 is 0 Å². The number of hydrogen-bond donors (Lipinski definition) is 1. The van der Waals surface area contributed by atoms with Crippen LogP contribution in [-0.2, 0) is 6.42 Å². The average Bonchev–Trinajstić information content (AvgIpc) is 2.37. The molecule has 1 unspecified atom stereocenters. The minimum absolute atomic E-state index is 0.268. The highest BCUT2D eigenvalue weighted by Crippen LogP contribution is 2.16. The van der Waals surface area contributed by atoms with Gasteiger partial charge in [-0.15, -0.1) is 0 Å². The third kappa shape index (κ3) is 5.21. The van der Waals surface area contributed by atoms with Crippen LogP contribution in [0.2, 0.25) is 0 Å². The molecule has 18 heavy (non-hydrogen) atoms. The van der Waals surface area contributed by atoms with E-state index in [1.54, 1.807) is 0 Å². The molecule has 1 atom stereocenters. The van der Waals surface area contributed by atoms with E-state index >= 15 is 0 Å². The van der Waals surface area contributed by atoms with Gasteiger partial charge in [-0.2, -0.15) is 0 Å². The summed E-state index contributed by atoms with van der Waals surface area (Å²) in [5, 5.41) is 11.7. The zero-order valence-corrected chi connectivity index (χ0v) is 11.5. The lowest BCUT2D eigenvalue weighted by molar-refractivity contribution is 0.210. The van der Waals surface area contributed by atoms with E-state index in [2.05, 4.69) is 31.1 Å². The van der Waals surface area contributed by atoms with Gasteiger partial charge in [-0.1, -0.05) is 30.6 Å². The summed E-state index contributed by atoms with van der Waals surface area (Å²) in [5.41, 5.74) is 1.99. The fraction of sp³-hybridized carbons (Fsp3) is 0.533. The first-order valence-electron chi connectivity index (χ1n) is 6.58. The van der Waals surface area contributed by atoms with Crippen molar-refractivity contribution in [1.29, 1.82) is 0 Å². The second kappa shape index (κ2) is 7.75. The molecular formula is C15H23NO2. The molecule has 0 amide bonds. The van der Waals surface area contributed by atoms with Crippen molar-refractivity contribution in [3.8, 4) is 5.75 Å². The fourth-order valence-corrected chi connectivity index (χ4v) is 1.81. The predicted octanol–water partition coefficient (Wildman–Crippen LogP) is 4.04. The monoisotopic (exact) mass is 249 g/mol. The summed E-state index contributed by atoms with van der Waals surface area (Å²) in [4.78, 5) is 0. The molecule has 1 aromatic carbocycles. The molecule has 1 aromatic rings. The van der Waals surface area contributed by atoms with Crippen LogP contribution in [0.5, 0.6) is 5.75 Å². The van der Waals surface area contributed by atoms with Crippen molar-refractivity contribution in [2.45, 2.75) is 52.6 Å². The number of aryl methyl sites for hydroxylation is 1. The molecule has 0 saturated heterocycles. The van der Waals surface area contributed by atoms with Crippen LogP contribution in [-0.4, -0.2) is 17.0 Å². The van der Waals surface area contributed by atoms with E-state index in [0.29, 0.717) is 0 Å². The minimum atomic E-state index is 0.268. The summed E-state index contributed by atoms with van der Waals surface area (Å²) in [7, 11) is 0. The van der Waals surface area contributed by atoms with Crippen LogP contribution in [0.25, 0.3) is 0 Å². The first kappa shape index (κ1) is 14.6. The molecular weight excluding hydrogens is 226 g/mol. The van der Waals surface area contributed by atoms with Crippen molar-refractivity contribution in [3.05, 3.63) is 29.8 Å². The van der Waals surface area contributed by atoms with Gasteiger partial charge in [0.25, 0.3) is 0 Å². The summed E-state index contributed by atoms with van der Waals surface area (Å²) in [6.45, 7) is 6.08. The highest BCUT2D eigenvalue weighted by atomic mass is 16.5. The van der Waals surface area contributed by atoms with Gasteiger partial charge in [0.05, 0.1) is 11.8 Å². The van der Waals surface area contributed by atoms with Crippen molar-refractivity contribution in [3.63, 3.8) is 0 Å². The average molecular weight is 249 g/mol. The number of oxime groups is 1. The maximum Gasteiger partial charge on any atom is 0.119 e. The molecule has 0 fully saturated rings. The lowest BCUT2D eigenvalue weighted by atomic mass is 10.1. The third-order valence-electron chi connectivity index (χ3n) is 2.90. The number of rotatable bonds is 7. The van der Waals surface area contributed by atoms with Crippen LogP contribution < -0.4 is 4.74 Å². The van der Waals surface area contributed by atoms with Gasteiger partial charge in [0.15, 0.2) is 0 Å². The highest BCUT2D eigenvalue weighted by Gasteiger charge is 2.03. The SMILES string of the molecule is CCCC(C)Oc1ccc(CC/C(C)=N/O)cc1. The second-order valence-corrected chi connectivity index (χ2v) is 4.70. The summed E-state index contributed by atoms with van der Waals surface area (Å²) >= 11 is 0. The summed E-state index contributed by atoms with van der Waals surface area (Å²) in [6.07, 6.45) is 4.15. The van der Waals surface area contributed by atoms with Gasteiger partial charge in [0, 0.05) is 0 Å². The molecule has 3 heteroatoms. The van der Waals surface area contributed by atoms with E-state index in [1.165, 1.54) is 5.56 Å². The normalized spacial score (nSPS) is 13.4. The Morgan fingerprint density at radius 3 is 2.56 bits per heavy atom. The molecule has 0 saturated carbocycles. The first-order chi connectivity index (χ1) is 8.65. The molecule has 0 aliphatic heterocycles. The quantitative estimate of drug-likeness (QED) is 0.450. The molecule has 0 aromatic heterocycles. The van der Waals surface area contributed by atoms with Crippen molar-refractivity contribution in [1.82, 2.24) is 0 Å². The summed E-state index contributed by atoms with van der Waals surface area (Å²) < 4.78 is 5.79. The largest absolute Gasteiger partial charge is 0.491 e. The van der Waals surface area contributed by atoms with Gasteiger partial charge in [-0.05, 0) is 50.8 Å². The Balaban J connectivity index is 2.47. The second-order valence-electron chi connectivity index (χ2n) is 4.70. The van der Waals surface area contributed by atoms with Crippen molar-refractivity contribution in [2.75, 3.05) is 0 Å². The van der Waals surface area contributed by atoms with Crippen LogP contribution in [0, 0.1) is 0 Å². The van der Waals surface area contributed by atoms with Gasteiger partial charge in [-0.25, -0.2) is 0 Å². The van der Waals surface area contributed by atoms with E-state index in [9.17, 15) is 0 Å². The van der Waals surface area contributed by atoms with Crippen LogP contribution in [0.15, 0.2) is 29.4 Å². The Kier molecular flexibility index (Phi) is 6.26. The zero-order chi connectivity index (χ0) is 13.4. The molecule has 1 N–H and O–H groups in total. The minimum Gasteiger partial charge on any atom is -0.491 e. The van der Waals surface area contributed by atoms with Crippen molar-refractivity contribution < 1.29 is 9.94 Å². The molecule has 0 bridgehead atoms. The van der Waals surface area contributed by atoms with Gasteiger partial charge in [-0.3, -0.25) is 0 Å². The number of hydrogen-bond acceptors (Lipinski definition) is 3. The van der Waals surface area contributed by atoms with Gasteiger partial charge in [0.2, 0.25) is 0 Å². The van der Waals surface area contributed by atoms with E-state index in [-0.39, 0.29) is 6.10 Å². The van der Waals surface area contributed by atoms with Crippen LogP contribution in [0.4, 0.5) is 0 Å². The molecule has 1 rings (SSSR count). The summed E-state index contributed by atoms with van der Waals surface area (Å²) in [5.74, 6) is 0.923. The molecule has 0 heterocycles. The Labute approximate surface area is 109 Å². The molecule has 3 nitrogen and oxygen atoms in total. The number of benzene rings is 1. The maximum absolute atomic E-state index is 8.57. The predicted molar refractivity (Wildman–Crippen MR) is 74.7 cm³/mol. The van der Waals surface area contributed by atoms with E-state index in [4.69, 9.17) is 9.94 Å². The molecule has 0 spiro atoms.